The number of carbonyl (C=O) groups excluding carboxylic acids is 1. The van der Waals surface area contributed by atoms with Crippen LogP contribution in [-0.2, 0) is 0 Å². The van der Waals surface area contributed by atoms with Gasteiger partial charge in [-0.1, -0.05) is 11.6 Å². The molecule has 0 bridgehead atoms. The molecule has 1 saturated heterocycles. The molecule has 1 aliphatic heterocycles. The minimum Gasteiger partial charge on any atom is -0.396 e. The average Bonchev–Trinajstić information content (AvgIpc) is 2.87. The smallest absolute Gasteiger partial charge is 0.255 e. The summed E-state index contributed by atoms with van der Waals surface area (Å²) in [6, 6.07) is 1.77. The fourth-order valence-corrected chi connectivity index (χ4v) is 2.63. The van der Waals surface area contributed by atoms with Crippen molar-refractivity contribution in [1.82, 2.24) is 9.88 Å². The first-order chi connectivity index (χ1) is 9.13. The number of amides is 1. The summed E-state index contributed by atoms with van der Waals surface area (Å²) in [7, 11) is 0. The highest BCUT2D eigenvalue weighted by molar-refractivity contribution is 6.33. The first-order valence-corrected chi connectivity index (χ1v) is 6.84. The molecule has 0 aromatic carbocycles. The van der Waals surface area contributed by atoms with E-state index >= 15 is 0 Å². The van der Waals surface area contributed by atoms with E-state index in [4.69, 9.17) is 22.4 Å². The molecular weight excluding hydrogens is 266 g/mol. The number of likely N-dealkylation sites (tertiary alicyclic amines) is 1. The van der Waals surface area contributed by atoms with Crippen LogP contribution >= 0.6 is 11.6 Å². The van der Waals surface area contributed by atoms with Crippen molar-refractivity contribution in [3.8, 4) is 0 Å². The van der Waals surface area contributed by atoms with Crippen molar-refractivity contribution in [2.75, 3.05) is 18.9 Å². The van der Waals surface area contributed by atoms with Crippen molar-refractivity contribution in [3.63, 3.8) is 0 Å². The summed E-state index contributed by atoms with van der Waals surface area (Å²) in [6.07, 6.45) is 5.00. The molecule has 1 aliphatic rings. The van der Waals surface area contributed by atoms with Crippen LogP contribution in [0.1, 0.15) is 36.0 Å². The molecule has 1 aromatic rings. The Morgan fingerprint density at radius 1 is 1.63 bits per heavy atom. The normalized spacial score (nSPS) is 18.8. The first-order valence-electron chi connectivity index (χ1n) is 6.46. The van der Waals surface area contributed by atoms with Crippen molar-refractivity contribution < 1.29 is 9.90 Å². The van der Waals surface area contributed by atoms with Crippen molar-refractivity contribution in [1.29, 1.82) is 0 Å². The highest BCUT2D eigenvalue weighted by Gasteiger charge is 2.29. The summed E-state index contributed by atoms with van der Waals surface area (Å²) in [6.45, 7) is 0.907. The first kappa shape index (κ1) is 14.1. The van der Waals surface area contributed by atoms with Gasteiger partial charge in [-0.2, -0.15) is 0 Å². The Morgan fingerprint density at radius 2 is 2.42 bits per heavy atom. The summed E-state index contributed by atoms with van der Waals surface area (Å²) in [5.74, 6) is 0.173. The lowest BCUT2D eigenvalue weighted by Crippen LogP contribution is -2.35. The zero-order chi connectivity index (χ0) is 13.8. The number of anilines is 1. The number of nitrogens with zero attached hydrogens (tertiary/aromatic N) is 2. The number of halogens is 1. The van der Waals surface area contributed by atoms with Gasteiger partial charge in [-0.25, -0.2) is 4.98 Å². The van der Waals surface area contributed by atoms with Crippen LogP contribution in [0, 0.1) is 0 Å². The summed E-state index contributed by atoms with van der Waals surface area (Å²) in [4.78, 5) is 18.2. The predicted octanol–water partition coefficient (Wildman–Crippen LogP) is 1.69. The molecule has 6 heteroatoms. The Kier molecular flexibility index (Phi) is 4.61. The molecule has 2 heterocycles. The van der Waals surface area contributed by atoms with Gasteiger partial charge in [0, 0.05) is 25.4 Å². The van der Waals surface area contributed by atoms with Crippen LogP contribution in [0.4, 0.5) is 5.82 Å². The van der Waals surface area contributed by atoms with Crippen LogP contribution in [0.25, 0.3) is 0 Å². The lowest BCUT2D eigenvalue weighted by molar-refractivity contribution is 0.0724. The van der Waals surface area contributed by atoms with E-state index in [1.165, 1.54) is 6.20 Å². The van der Waals surface area contributed by atoms with Crippen LogP contribution in [0.15, 0.2) is 12.3 Å². The zero-order valence-electron chi connectivity index (χ0n) is 10.7. The summed E-state index contributed by atoms with van der Waals surface area (Å²) < 4.78 is 0. The predicted molar refractivity (Wildman–Crippen MR) is 74.0 cm³/mol. The average molecular weight is 284 g/mol. The number of pyridine rings is 1. The Balaban J connectivity index is 2.11. The van der Waals surface area contributed by atoms with E-state index in [0.717, 1.165) is 32.2 Å². The quantitative estimate of drug-likeness (QED) is 0.881. The molecule has 5 nitrogen and oxygen atoms in total. The van der Waals surface area contributed by atoms with Gasteiger partial charge in [-0.15, -0.1) is 0 Å². The largest absolute Gasteiger partial charge is 0.396 e. The Bertz CT molecular complexity index is 467. The molecule has 1 amide bonds. The van der Waals surface area contributed by atoms with E-state index < -0.39 is 0 Å². The summed E-state index contributed by atoms with van der Waals surface area (Å²) >= 11 is 5.89. The number of rotatable bonds is 4. The number of aromatic nitrogens is 1. The lowest BCUT2D eigenvalue weighted by atomic mass is 10.1. The van der Waals surface area contributed by atoms with E-state index in [1.54, 1.807) is 6.07 Å². The van der Waals surface area contributed by atoms with Gasteiger partial charge >= 0.3 is 0 Å². The van der Waals surface area contributed by atoms with Crippen LogP contribution < -0.4 is 5.73 Å². The maximum Gasteiger partial charge on any atom is 0.255 e. The molecule has 1 unspecified atom stereocenters. The van der Waals surface area contributed by atoms with E-state index in [-0.39, 0.29) is 24.4 Å². The van der Waals surface area contributed by atoms with Gasteiger partial charge in [-0.05, 0) is 31.7 Å². The Morgan fingerprint density at radius 3 is 3.11 bits per heavy atom. The number of hydrogen-bond acceptors (Lipinski definition) is 4. The zero-order valence-corrected chi connectivity index (χ0v) is 11.4. The van der Waals surface area contributed by atoms with Gasteiger partial charge in [0.25, 0.3) is 5.91 Å². The fraction of sp³-hybridized carbons (Fsp3) is 0.538. The second-order valence-electron chi connectivity index (χ2n) is 4.75. The maximum atomic E-state index is 12.4. The van der Waals surface area contributed by atoms with Gasteiger partial charge in [0.15, 0.2) is 0 Å². The molecule has 0 aliphatic carbocycles. The van der Waals surface area contributed by atoms with Crippen LogP contribution in [0.3, 0.4) is 0 Å². The van der Waals surface area contributed by atoms with Crippen LogP contribution in [0.5, 0.6) is 0 Å². The molecule has 0 saturated carbocycles. The third-order valence-corrected chi connectivity index (χ3v) is 3.75. The van der Waals surface area contributed by atoms with Crippen molar-refractivity contribution in [2.45, 2.75) is 31.7 Å². The fourth-order valence-electron chi connectivity index (χ4n) is 2.46. The molecule has 1 atom stereocenters. The van der Waals surface area contributed by atoms with Gasteiger partial charge in [0.2, 0.25) is 0 Å². The van der Waals surface area contributed by atoms with E-state index in [9.17, 15) is 4.79 Å². The van der Waals surface area contributed by atoms with E-state index in [0.29, 0.717) is 10.6 Å². The maximum absolute atomic E-state index is 12.4. The standard InChI is InChI=1S/C13H18ClN3O2/c14-11-7-9(8-16-12(11)15)13(19)17-5-1-3-10(17)4-2-6-18/h7-8,10,18H,1-6H2,(H2,15,16). The minimum atomic E-state index is -0.0603. The van der Waals surface area contributed by atoms with Crippen LogP contribution in [0.2, 0.25) is 5.02 Å². The van der Waals surface area contributed by atoms with Gasteiger partial charge in [0.1, 0.15) is 5.82 Å². The molecule has 104 valence electrons. The molecule has 3 N–H and O–H groups in total. The number of aliphatic hydroxyl groups is 1. The number of hydrogen-bond donors (Lipinski definition) is 2. The third-order valence-electron chi connectivity index (χ3n) is 3.45. The van der Waals surface area contributed by atoms with Crippen molar-refractivity contribution in [3.05, 3.63) is 22.8 Å². The van der Waals surface area contributed by atoms with Crippen molar-refractivity contribution in [2.24, 2.45) is 0 Å². The topological polar surface area (TPSA) is 79.5 Å². The second kappa shape index (κ2) is 6.21. The molecule has 2 rings (SSSR count). The van der Waals surface area contributed by atoms with Crippen LogP contribution in [-0.4, -0.2) is 40.1 Å². The highest BCUT2D eigenvalue weighted by atomic mass is 35.5. The summed E-state index contributed by atoms with van der Waals surface area (Å²) in [5, 5.41) is 9.19. The van der Waals surface area contributed by atoms with Gasteiger partial charge in [-0.3, -0.25) is 4.79 Å². The lowest BCUT2D eigenvalue weighted by Gasteiger charge is -2.24. The molecule has 0 spiro atoms. The molecule has 1 fully saturated rings. The number of nitrogen functional groups attached to an aromatic ring is 1. The Hall–Kier alpha value is -1.33. The summed E-state index contributed by atoms with van der Waals surface area (Å²) in [5.41, 5.74) is 6.01. The van der Waals surface area contributed by atoms with E-state index in [2.05, 4.69) is 4.98 Å². The SMILES string of the molecule is Nc1ncc(C(=O)N2CCCC2CCCO)cc1Cl. The van der Waals surface area contributed by atoms with Gasteiger partial charge < -0.3 is 15.7 Å². The third kappa shape index (κ3) is 3.16. The highest BCUT2D eigenvalue weighted by Crippen LogP contribution is 2.25. The molecule has 1 aromatic heterocycles. The number of nitrogens with two attached hydrogens (primary N) is 1. The molecular formula is C13H18ClN3O2. The minimum absolute atomic E-state index is 0.0603. The second-order valence-corrected chi connectivity index (χ2v) is 5.16. The Labute approximate surface area is 117 Å². The number of carbonyl (C=O) groups is 1. The van der Waals surface area contributed by atoms with Gasteiger partial charge in [0.05, 0.1) is 10.6 Å². The van der Waals surface area contributed by atoms with Crippen molar-refractivity contribution >= 4 is 23.3 Å². The monoisotopic (exact) mass is 283 g/mol. The molecule has 19 heavy (non-hydrogen) atoms. The number of aliphatic hydroxyl groups excluding tert-OH is 1. The van der Waals surface area contributed by atoms with E-state index in [1.807, 2.05) is 4.90 Å². The molecule has 0 radical (unpaired) electrons.